The number of nitrogens with one attached hydrogen (secondary N) is 2. The maximum absolute atomic E-state index is 11.9. The van der Waals surface area contributed by atoms with Crippen LogP contribution in [-0.4, -0.2) is 25.8 Å². The number of methoxy groups -OCH3 is 1. The van der Waals surface area contributed by atoms with Gasteiger partial charge >= 0.3 is 6.03 Å². The molecule has 0 heterocycles. The Morgan fingerprint density at radius 3 is 2.47 bits per heavy atom. The third kappa shape index (κ3) is 5.20. The summed E-state index contributed by atoms with van der Waals surface area (Å²) in [6, 6.07) is 3.86. The van der Waals surface area contributed by atoms with Gasteiger partial charge in [-0.1, -0.05) is 15.9 Å². The molecule has 0 aromatic heterocycles. The molecule has 5 heteroatoms. The molecule has 0 unspecified atom stereocenters. The van der Waals surface area contributed by atoms with Gasteiger partial charge in [0.2, 0.25) is 0 Å². The smallest absolute Gasteiger partial charge is 0.319 e. The van der Waals surface area contributed by atoms with E-state index in [0.29, 0.717) is 6.61 Å². The molecule has 19 heavy (non-hydrogen) atoms. The lowest BCUT2D eigenvalue weighted by Gasteiger charge is -2.16. The molecule has 2 N–H and O–H groups in total. The second-order valence-electron chi connectivity index (χ2n) is 4.70. The van der Waals surface area contributed by atoms with E-state index < -0.39 is 0 Å². The Morgan fingerprint density at radius 1 is 1.37 bits per heavy atom. The van der Waals surface area contributed by atoms with Gasteiger partial charge in [-0.05, 0) is 50.5 Å². The molecule has 1 aromatic rings. The first-order valence-electron chi connectivity index (χ1n) is 6.27. The summed E-state index contributed by atoms with van der Waals surface area (Å²) >= 11 is 3.44. The molecule has 1 atom stereocenters. The lowest BCUT2D eigenvalue weighted by Crippen LogP contribution is -2.37. The van der Waals surface area contributed by atoms with Crippen molar-refractivity contribution in [3.63, 3.8) is 0 Å². The molecule has 0 aliphatic heterocycles. The van der Waals surface area contributed by atoms with Crippen molar-refractivity contribution in [3.8, 4) is 0 Å². The molecule has 106 valence electrons. The molecule has 2 amide bonds. The van der Waals surface area contributed by atoms with Gasteiger partial charge < -0.3 is 15.4 Å². The second-order valence-corrected chi connectivity index (χ2v) is 5.61. The number of carbonyl (C=O) groups excluding carboxylic acids is 1. The normalized spacial score (nSPS) is 12.1. The number of anilines is 1. The maximum atomic E-state index is 11.9. The number of urea groups is 1. The molecule has 0 radical (unpaired) electrons. The lowest BCUT2D eigenvalue weighted by molar-refractivity contribution is 0.185. The van der Waals surface area contributed by atoms with Gasteiger partial charge in [0.25, 0.3) is 0 Å². The minimum Gasteiger partial charge on any atom is -0.385 e. The number of benzene rings is 1. The second kappa shape index (κ2) is 7.50. The number of ether oxygens (including phenoxy) is 1. The number of amides is 2. The van der Waals surface area contributed by atoms with E-state index in [-0.39, 0.29) is 12.1 Å². The van der Waals surface area contributed by atoms with Gasteiger partial charge in [0.05, 0.1) is 0 Å². The Bertz CT molecular complexity index is 426. The average molecular weight is 329 g/mol. The average Bonchev–Trinajstić information content (AvgIpc) is 2.31. The molecular formula is C14H21BrN2O2. The lowest BCUT2D eigenvalue weighted by atomic mass is 10.1. The molecule has 0 aliphatic carbocycles. The maximum Gasteiger partial charge on any atom is 0.319 e. The highest BCUT2D eigenvalue weighted by molar-refractivity contribution is 9.10. The molecule has 1 rings (SSSR count). The summed E-state index contributed by atoms with van der Waals surface area (Å²) < 4.78 is 6.00. The van der Waals surface area contributed by atoms with Crippen LogP contribution in [0.3, 0.4) is 0 Å². The zero-order valence-corrected chi connectivity index (χ0v) is 13.4. The summed E-state index contributed by atoms with van der Waals surface area (Å²) in [6.45, 7) is 6.54. The molecule has 4 nitrogen and oxygen atoms in total. The summed E-state index contributed by atoms with van der Waals surface area (Å²) in [7, 11) is 1.65. The van der Waals surface area contributed by atoms with Crippen LogP contribution in [0.25, 0.3) is 0 Å². The van der Waals surface area contributed by atoms with Crippen LogP contribution in [0, 0.1) is 13.8 Å². The molecule has 0 saturated carbocycles. The number of halogens is 1. The minimum atomic E-state index is -0.183. The molecule has 0 spiro atoms. The standard InChI is InChI=1S/C14H21BrN2O2/c1-9-7-12(15)8-10(2)13(9)17-14(18)16-11(3)5-6-19-4/h7-8,11H,5-6H2,1-4H3,(H2,16,17,18)/t11-/m1/s1. The summed E-state index contributed by atoms with van der Waals surface area (Å²) in [6.07, 6.45) is 0.794. The number of rotatable bonds is 5. The van der Waals surface area contributed by atoms with Crippen LogP contribution in [0.15, 0.2) is 16.6 Å². The van der Waals surface area contributed by atoms with Crippen LogP contribution in [0.2, 0.25) is 0 Å². The largest absolute Gasteiger partial charge is 0.385 e. The quantitative estimate of drug-likeness (QED) is 0.867. The van der Waals surface area contributed by atoms with Crippen LogP contribution >= 0.6 is 15.9 Å². The fourth-order valence-electron chi connectivity index (χ4n) is 1.85. The predicted molar refractivity (Wildman–Crippen MR) is 81.7 cm³/mol. The Morgan fingerprint density at radius 2 is 1.95 bits per heavy atom. The highest BCUT2D eigenvalue weighted by atomic mass is 79.9. The zero-order valence-electron chi connectivity index (χ0n) is 11.8. The molecule has 0 saturated heterocycles. The summed E-state index contributed by atoms with van der Waals surface area (Å²) in [5.41, 5.74) is 2.93. The third-order valence-corrected chi connectivity index (χ3v) is 3.33. The van der Waals surface area contributed by atoms with E-state index in [1.807, 2.05) is 32.9 Å². The highest BCUT2D eigenvalue weighted by Gasteiger charge is 2.10. The van der Waals surface area contributed by atoms with Gasteiger partial charge in [0.1, 0.15) is 0 Å². The highest BCUT2D eigenvalue weighted by Crippen LogP contribution is 2.24. The van der Waals surface area contributed by atoms with E-state index in [2.05, 4.69) is 26.6 Å². The minimum absolute atomic E-state index is 0.0796. The molecule has 0 bridgehead atoms. The number of aryl methyl sites for hydroxylation is 2. The van der Waals surface area contributed by atoms with Gasteiger partial charge in [0.15, 0.2) is 0 Å². The molecule has 1 aromatic carbocycles. The fourth-order valence-corrected chi connectivity index (χ4v) is 2.53. The Hall–Kier alpha value is -1.07. The van der Waals surface area contributed by atoms with Crippen LogP contribution in [-0.2, 0) is 4.74 Å². The van der Waals surface area contributed by atoms with E-state index in [1.54, 1.807) is 7.11 Å². The monoisotopic (exact) mass is 328 g/mol. The van der Waals surface area contributed by atoms with Crippen LogP contribution in [0.4, 0.5) is 10.5 Å². The molecule has 0 aliphatic rings. The van der Waals surface area contributed by atoms with Crippen molar-refractivity contribution in [3.05, 3.63) is 27.7 Å². The summed E-state index contributed by atoms with van der Waals surface area (Å²) in [5.74, 6) is 0. The Kier molecular flexibility index (Phi) is 6.31. The number of hydrogen-bond acceptors (Lipinski definition) is 2. The van der Waals surface area contributed by atoms with Crippen molar-refractivity contribution in [1.82, 2.24) is 5.32 Å². The topological polar surface area (TPSA) is 50.4 Å². The predicted octanol–water partition coefficient (Wildman–Crippen LogP) is 3.61. The first kappa shape index (κ1) is 16.0. The first-order valence-corrected chi connectivity index (χ1v) is 7.06. The molecule has 0 fully saturated rings. The van der Waals surface area contributed by atoms with Crippen molar-refractivity contribution in [2.75, 3.05) is 19.0 Å². The number of carbonyl (C=O) groups is 1. The van der Waals surface area contributed by atoms with E-state index in [4.69, 9.17) is 4.74 Å². The van der Waals surface area contributed by atoms with Gasteiger partial charge in [-0.2, -0.15) is 0 Å². The van der Waals surface area contributed by atoms with Crippen LogP contribution in [0.1, 0.15) is 24.5 Å². The van der Waals surface area contributed by atoms with Crippen LogP contribution in [0.5, 0.6) is 0 Å². The van der Waals surface area contributed by atoms with Gasteiger partial charge in [-0.15, -0.1) is 0 Å². The van der Waals surface area contributed by atoms with Gasteiger partial charge in [0, 0.05) is 29.9 Å². The van der Waals surface area contributed by atoms with Crippen molar-refractivity contribution >= 4 is 27.6 Å². The molecular weight excluding hydrogens is 308 g/mol. The summed E-state index contributed by atoms with van der Waals surface area (Å²) in [5, 5.41) is 5.79. The SMILES string of the molecule is COCC[C@@H](C)NC(=O)Nc1c(C)cc(Br)cc1C. The van der Waals surface area contributed by atoms with Crippen molar-refractivity contribution in [1.29, 1.82) is 0 Å². The Balaban J connectivity index is 2.62. The van der Waals surface area contributed by atoms with Crippen molar-refractivity contribution < 1.29 is 9.53 Å². The van der Waals surface area contributed by atoms with E-state index >= 15 is 0 Å². The van der Waals surface area contributed by atoms with Crippen molar-refractivity contribution in [2.45, 2.75) is 33.2 Å². The number of hydrogen-bond donors (Lipinski definition) is 2. The van der Waals surface area contributed by atoms with Gasteiger partial charge in [-0.25, -0.2) is 4.79 Å². The fraction of sp³-hybridized carbons (Fsp3) is 0.500. The first-order chi connectivity index (χ1) is 8.93. The van der Waals surface area contributed by atoms with E-state index in [0.717, 1.165) is 27.7 Å². The zero-order chi connectivity index (χ0) is 14.4. The summed E-state index contributed by atoms with van der Waals surface area (Å²) in [4.78, 5) is 11.9. The van der Waals surface area contributed by atoms with Gasteiger partial charge in [-0.3, -0.25) is 0 Å². The Labute approximate surface area is 123 Å². The van der Waals surface area contributed by atoms with E-state index in [1.165, 1.54) is 0 Å². The van der Waals surface area contributed by atoms with Crippen molar-refractivity contribution in [2.24, 2.45) is 0 Å². The van der Waals surface area contributed by atoms with Crippen LogP contribution < -0.4 is 10.6 Å². The third-order valence-electron chi connectivity index (χ3n) is 2.87. The van der Waals surface area contributed by atoms with E-state index in [9.17, 15) is 4.79 Å².